The van der Waals surface area contributed by atoms with Crippen LogP contribution < -0.4 is 4.90 Å². The summed E-state index contributed by atoms with van der Waals surface area (Å²) in [6.07, 6.45) is -4.46. The summed E-state index contributed by atoms with van der Waals surface area (Å²) >= 11 is 0. The summed E-state index contributed by atoms with van der Waals surface area (Å²) in [5, 5.41) is 1.42. The summed E-state index contributed by atoms with van der Waals surface area (Å²) in [6, 6.07) is 21.9. The van der Waals surface area contributed by atoms with E-state index in [1.54, 1.807) is 54.6 Å². The second-order valence-electron chi connectivity index (χ2n) is 7.28. The minimum absolute atomic E-state index is 0.302. The summed E-state index contributed by atoms with van der Waals surface area (Å²) in [6.45, 7) is 0. The average molecular weight is 417 g/mol. The second kappa shape index (κ2) is 6.80. The number of benzene rings is 4. The van der Waals surface area contributed by atoms with Gasteiger partial charge < -0.3 is 0 Å². The first-order chi connectivity index (χ1) is 14.8. The molecule has 0 radical (unpaired) electrons. The minimum atomic E-state index is -4.46. The van der Waals surface area contributed by atoms with Gasteiger partial charge in [0.1, 0.15) is 0 Å². The first-order valence-corrected chi connectivity index (χ1v) is 9.53. The molecule has 0 N–H and O–H groups in total. The Balaban J connectivity index is 1.61. The zero-order valence-corrected chi connectivity index (χ0v) is 16.0. The topological polar surface area (TPSA) is 37.4 Å². The van der Waals surface area contributed by atoms with Crippen LogP contribution >= 0.6 is 0 Å². The van der Waals surface area contributed by atoms with Crippen molar-refractivity contribution < 1.29 is 22.8 Å². The number of rotatable bonds is 2. The largest absolute Gasteiger partial charge is 0.416 e. The maximum absolute atomic E-state index is 13.2. The Bertz CT molecular complexity index is 1320. The normalized spacial score (nSPS) is 13.7. The van der Waals surface area contributed by atoms with E-state index in [1.165, 1.54) is 6.07 Å². The predicted octanol–water partition coefficient (Wildman–Crippen LogP) is 6.33. The summed E-state index contributed by atoms with van der Waals surface area (Å²) in [7, 11) is 0. The maximum atomic E-state index is 13.2. The Labute approximate surface area is 175 Å². The molecule has 0 spiro atoms. The van der Waals surface area contributed by atoms with Gasteiger partial charge in [0, 0.05) is 16.5 Å². The molecule has 0 fully saturated rings. The standard InChI is InChI=1S/C25H14F3NO2/c26-25(27,28)18-9-1-7-16(13-18)17-8-2-10-19(14-17)29-23(30)20-11-3-5-15-6-4-12-21(22(15)20)24(29)31/h1-14H. The van der Waals surface area contributed by atoms with Gasteiger partial charge in [0.05, 0.1) is 11.3 Å². The van der Waals surface area contributed by atoms with Gasteiger partial charge in [0.15, 0.2) is 0 Å². The van der Waals surface area contributed by atoms with Gasteiger partial charge in [-0.3, -0.25) is 9.59 Å². The fourth-order valence-corrected chi connectivity index (χ4v) is 3.96. The molecule has 0 unspecified atom stereocenters. The Morgan fingerprint density at radius 3 is 1.81 bits per heavy atom. The molecule has 0 aromatic heterocycles. The molecule has 4 aromatic rings. The Morgan fingerprint density at radius 2 is 1.19 bits per heavy atom. The lowest BCUT2D eigenvalue weighted by molar-refractivity contribution is -0.137. The molecule has 1 aliphatic heterocycles. The molecule has 1 heterocycles. The molecule has 5 rings (SSSR count). The van der Waals surface area contributed by atoms with Crippen LogP contribution in [0.1, 0.15) is 26.3 Å². The van der Waals surface area contributed by atoms with Crippen molar-refractivity contribution in [3.63, 3.8) is 0 Å². The van der Waals surface area contributed by atoms with Crippen LogP contribution in [0.4, 0.5) is 18.9 Å². The number of nitrogens with zero attached hydrogens (tertiary/aromatic N) is 1. The summed E-state index contributed by atoms with van der Waals surface area (Å²) in [4.78, 5) is 27.5. The number of amides is 2. The average Bonchev–Trinajstić information content (AvgIpc) is 2.77. The Hall–Kier alpha value is -3.93. The third kappa shape index (κ3) is 3.08. The smallest absolute Gasteiger partial charge is 0.268 e. The van der Waals surface area contributed by atoms with Crippen LogP contribution in [-0.2, 0) is 6.18 Å². The lowest BCUT2D eigenvalue weighted by Gasteiger charge is -2.27. The predicted molar refractivity (Wildman–Crippen MR) is 112 cm³/mol. The maximum Gasteiger partial charge on any atom is 0.416 e. The Morgan fingerprint density at radius 1 is 0.645 bits per heavy atom. The van der Waals surface area contributed by atoms with Gasteiger partial charge in [-0.05, 0) is 52.9 Å². The molecule has 3 nitrogen and oxygen atoms in total. The monoisotopic (exact) mass is 417 g/mol. The summed E-state index contributed by atoms with van der Waals surface area (Å²) in [5.41, 5.74) is 1.18. The quantitative estimate of drug-likeness (QED) is 0.358. The van der Waals surface area contributed by atoms with Crippen LogP contribution in [0.3, 0.4) is 0 Å². The number of anilines is 1. The van der Waals surface area contributed by atoms with Gasteiger partial charge in [0.2, 0.25) is 0 Å². The highest BCUT2D eigenvalue weighted by atomic mass is 19.4. The molecule has 31 heavy (non-hydrogen) atoms. The van der Waals surface area contributed by atoms with Crippen LogP contribution in [0.5, 0.6) is 0 Å². The molecule has 1 aliphatic rings. The number of imide groups is 1. The van der Waals surface area contributed by atoms with Crippen molar-refractivity contribution in [1.82, 2.24) is 0 Å². The molecule has 0 atom stereocenters. The highest BCUT2D eigenvalue weighted by Crippen LogP contribution is 2.36. The number of alkyl halides is 3. The number of halogens is 3. The van der Waals surface area contributed by atoms with E-state index in [2.05, 4.69) is 0 Å². The van der Waals surface area contributed by atoms with E-state index in [-0.39, 0.29) is 0 Å². The third-order valence-corrected chi connectivity index (χ3v) is 5.40. The molecule has 0 aliphatic carbocycles. The van der Waals surface area contributed by atoms with Gasteiger partial charge in [-0.1, -0.05) is 48.5 Å². The molecule has 0 bridgehead atoms. The second-order valence-corrected chi connectivity index (χ2v) is 7.28. The molecule has 6 heteroatoms. The van der Waals surface area contributed by atoms with E-state index in [9.17, 15) is 22.8 Å². The first-order valence-electron chi connectivity index (χ1n) is 9.53. The van der Waals surface area contributed by atoms with Gasteiger partial charge in [0.25, 0.3) is 11.8 Å². The number of hydrogen-bond acceptors (Lipinski definition) is 2. The van der Waals surface area contributed by atoms with Crippen molar-refractivity contribution in [2.24, 2.45) is 0 Å². The van der Waals surface area contributed by atoms with E-state index in [1.807, 2.05) is 12.1 Å². The van der Waals surface area contributed by atoms with E-state index in [4.69, 9.17) is 0 Å². The van der Waals surface area contributed by atoms with Crippen LogP contribution in [0.25, 0.3) is 21.9 Å². The summed E-state index contributed by atoms with van der Waals surface area (Å²) < 4.78 is 39.3. The van der Waals surface area contributed by atoms with Crippen molar-refractivity contribution >= 4 is 28.3 Å². The lowest BCUT2D eigenvalue weighted by Crippen LogP contribution is -2.40. The van der Waals surface area contributed by atoms with Crippen molar-refractivity contribution in [2.45, 2.75) is 6.18 Å². The molecular formula is C25H14F3NO2. The van der Waals surface area contributed by atoms with E-state index in [0.717, 1.165) is 22.4 Å². The van der Waals surface area contributed by atoms with Crippen molar-refractivity contribution in [3.05, 3.63) is 102 Å². The number of carbonyl (C=O) groups is 2. The van der Waals surface area contributed by atoms with Gasteiger partial charge in [-0.25, -0.2) is 4.90 Å². The lowest BCUT2D eigenvalue weighted by atomic mass is 9.93. The fraction of sp³-hybridized carbons (Fsp3) is 0.0400. The van der Waals surface area contributed by atoms with Crippen LogP contribution in [0, 0.1) is 0 Å². The SMILES string of the molecule is O=C1c2cccc3cccc(c23)C(=O)N1c1cccc(-c2cccc(C(F)(F)F)c2)c1. The van der Waals surface area contributed by atoms with E-state index >= 15 is 0 Å². The number of carbonyl (C=O) groups excluding carboxylic acids is 2. The number of hydrogen-bond donors (Lipinski definition) is 0. The van der Waals surface area contributed by atoms with Gasteiger partial charge >= 0.3 is 6.18 Å². The van der Waals surface area contributed by atoms with Crippen molar-refractivity contribution in [2.75, 3.05) is 4.90 Å². The van der Waals surface area contributed by atoms with Crippen LogP contribution in [-0.4, -0.2) is 11.8 Å². The fourth-order valence-electron chi connectivity index (χ4n) is 3.96. The zero-order valence-electron chi connectivity index (χ0n) is 16.0. The first kappa shape index (κ1) is 19.1. The van der Waals surface area contributed by atoms with Crippen molar-refractivity contribution in [3.8, 4) is 11.1 Å². The molecule has 2 amide bonds. The molecular weight excluding hydrogens is 403 g/mol. The third-order valence-electron chi connectivity index (χ3n) is 5.40. The van der Waals surface area contributed by atoms with Gasteiger partial charge in [-0.15, -0.1) is 0 Å². The molecule has 152 valence electrons. The Kier molecular flexibility index (Phi) is 4.18. The summed E-state index contributed by atoms with van der Waals surface area (Å²) in [5.74, 6) is -0.925. The molecule has 0 saturated carbocycles. The van der Waals surface area contributed by atoms with Crippen molar-refractivity contribution in [1.29, 1.82) is 0 Å². The zero-order chi connectivity index (χ0) is 21.8. The minimum Gasteiger partial charge on any atom is -0.268 e. The molecule has 0 saturated heterocycles. The highest BCUT2D eigenvalue weighted by Gasteiger charge is 2.34. The van der Waals surface area contributed by atoms with E-state index in [0.29, 0.717) is 33.3 Å². The van der Waals surface area contributed by atoms with Gasteiger partial charge in [-0.2, -0.15) is 13.2 Å². The van der Waals surface area contributed by atoms with E-state index < -0.39 is 23.6 Å². The van der Waals surface area contributed by atoms with Crippen LogP contribution in [0.2, 0.25) is 0 Å². The van der Waals surface area contributed by atoms with Crippen LogP contribution in [0.15, 0.2) is 84.9 Å². The molecule has 4 aromatic carbocycles. The highest BCUT2D eigenvalue weighted by molar-refractivity contribution is 6.35.